The molecule has 2 aliphatic rings. The lowest BCUT2D eigenvalue weighted by Gasteiger charge is -2.34. The molecule has 0 aliphatic carbocycles. The van der Waals surface area contributed by atoms with Gasteiger partial charge in [0, 0.05) is 18.7 Å². The number of hydrogen-bond acceptors (Lipinski definition) is 3. The third-order valence-electron chi connectivity index (χ3n) is 4.90. The Morgan fingerprint density at radius 1 is 1.24 bits per heavy atom. The van der Waals surface area contributed by atoms with Gasteiger partial charge in [0.15, 0.2) is 0 Å². The van der Waals surface area contributed by atoms with Gasteiger partial charge in [-0.1, -0.05) is 30.9 Å². The summed E-state index contributed by atoms with van der Waals surface area (Å²) < 4.78 is 5.78. The SMILES string of the molecule is C=CCOc1ccccc1CN1CCC2(CCNCC2)C1. The van der Waals surface area contributed by atoms with Crippen LogP contribution in [0.1, 0.15) is 24.8 Å². The summed E-state index contributed by atoms with van der Waals surface area (Å²) in [5.41, 5.74) is 1.87. The fourth-order valence-corrected chi connectivity index (χ4v) is 3.69. The van der Waals surface area contributed by atoms with Crippen molar-refractivity contribution in [2.45, 2.75) is 25.8 Å². The smallest absolute Gasteiger partial charge is 0.124 e. The highest BCUT2D eigenvalue weighted by atomic mass is 16.5. The van der Waals surface area contributed by atoms with Crippen LogP contribution in [-0.2, 0) is 6.54 Å². The van der Waals surface area contributed by atoms with E-state index in [0.717, 1.165) is 12.3 Å². The molecule has 2 heterocycles. The molecule has 21 heavy (non-hydrogen) atoms. The van der Waals surface area contributed by atoms with Crippen LogP contribution in [-0.4, -0.2) is 37.7 Å². The summed E-state index contributed by atoms with van der Waals surface area (Å²) in [5, 5.41) is 3.48. The number of ether oxygens (including phenoxy) is 1. The van der Waals surface area contributed by atoms with Crippen molar-refractivity contribution in [3.05, 3.63) is 42.5 Å². The molecule has 0 saturated carbocycles. The van der Waals surface area contributed by atoms with Crippen LogP contribution in [0.2, 0.25) is 0 Å². The van der Waals surface area contributed by atoms with E-state index in [1.165, 1.54) is 51.0 Å². The lowest BCUT2D eigenvalue weighted by Crippen LogP contribution is -2.38. The first kappa shape index (κ1) is 14.6. The van der Waals surface area contributed by atoms with E-state index in [0.29, 0.717) is 12.0 Å². The molecule has 0 amide bonds. The fraction of sp³-hybridized carbons (Fsp3) is 0.556. The summed E-state index contributed by atoms with van der Waals surface area (Å²) in [6, 6.07) is 8.40. The Morgan fingerprint density at radius 3 is 2.86 bits per heavy atom. The maximum Gasteiger partial charge on any atom is 0.124 e. The minimum Gasteiger partial charge on any atom is -0.489 e. The number of hydrogen-bond donors (Lipinski definition) is 1. The van der Waals surface area contributed by atoms with Crippen LogP contribution in [0.25, 0.3) is 0 Å². The number of nitrogens with zero attached hydrogens (tertiary/aromatic N) is 1. The van der Waals surface area contributed by atoms with E-state index < -0.39 is 0 Å². The predicted molar refractivity (Wildman–Crippen MR) is 86.6 cm³/mol. The molecule has 0 bridgehead atoms. The topological polar surface area (TPSA) is 24.5 Å². The third-order valence-corrected chi connectivity index (χ3v) is 4.90. The lowest BCUT2D eigenvalue weighted by atomic mass is 9.78. The van der Waals surface area contributed by atoms with Gasteiger partial charge < -0.3 is 10.1 Å². The van der Waals surface area contributed by atoms with Gasteiger partial charge in [-0.15, -0.1) is 0 Å². The Bertz CT molecular complexity index is 480. The maximum atomic E-state index is 5.78. The Balaban J connectivity index is 1.63. The van der Waals surface area contributed by atoms with Crippen molar-refractivity contribution in [3.63, 3.8) is 0 Å². The Hall–Kier alpha value is -1.32. The van der Waals surface area contributed by atoms with Crippen molar-refractivity contribution in [2.24, 2.45) is 5.41 Å². The summed E-state index contributed by atoms with van der Waals surface area (Å²) in [6.07, 6.45) is 5.82. The molecule has 3 rings (SSSR count). The molecule has 0 aromatic heterocycles. The van der Waals surface area contributed by atoms with E-state index in [9.17, 15) is 0 Å². The fourth-order valence-electron chi connectivity index (χ4n) is 3.69. The Labute approximate surface area is 128 Å². The van der Waals surface area contributed by atoms with Crippen molar-refractivity contribution >= 4 is 0 Å². The summed E-state index contributed by atoms with van der Waals surface area (Å²) in [5.74, 6) is 1.00. The summed E-state index contributed by atoms with van der Waals surface area (Å²) >= 11 is 0. The second kappa shape index (κ2) is 6.63. The number of rotatable bonds is 5. The molecule has 1 aromatic carbocycles. The molecule has 114 valence electrons. The van der Waals surface area contributed by atoms with Crippen LogP contribution in [0, 0.1) is 5.41 Å². The number of benzene rings is 1. The normalized spacial score (nSPS) is 21.5. The second-order valence-corrected chi connectivity index (χ2v) is 6.42. The molecule has 2 aliphatic heterocycles. The standard InChI is InChI=1S/C18H26N2O/c1-2-13-21-17-6-4-3-5-16(17)14-20-12-9-18(15-20)7-10-19-11-8-18/h2-6,19H,1,7-15H2. The third kappa shape index (κ3) is 3.47. The van der Waals surface area contributed by atoms with Gasteiger partial charge in [0.25, 0.3) is 0 Å². The number of nitrogens with one attached hydrogen (secondary N) is 1. The van der Waals surface area contributed by atoms with Crippen molar-refractivity contribution < 1.29 is 4.74 Å². The average molecular weight is 286 g/mol. The number of para-hydroxylation sites is 1. The molecule has 1 spiro atoms. The van der Waals surface area contributed by atoms with Gasteiger partial charge in [-0.05, 0) is 50.4 Å². The van der Waals surface area contributed by atoms with Crippen LogP contribution in [0.15, 0.2) is 36.9 Å². The molecular weight excluding hydrogens is 260 g/mol. The van der Waals surface area contributed by atoms with Gasteiger partial charge in [-0.2, -0.15) is 0 Å². The predicted octanol–water partition coefficient (Wildman–Crippen LogP) is 2.83. The van der Waals surface area contributed by atoms with Gasteiger partial charge in [0.05, 0.1) is 0 Å². The van der Waals surface area contributed by atoms with Gasteiger partial charge >= 0.3 is 0 Å². The summed E-state index contributed by atoms with van der Waals surface area (Å²) in [6.45, 7) is 10.1. The largest absolute Gasteiger partial charge is 0.489 e. The van der Waals surface area contributed by atoms with Crippen molar-refractivity contribution in [1.82, 2.24) is 10.2 Å². The molecule has 0 atom stereocenters. The molecule has 0 radical (unpaired) electrons. The van der Waals surface area contributed by atoms with Crippen LogP contribution >= 0.6 is 0 Å². The molecule has 2 saturated heterocycles. The average Bonchev–Trinajstić information content (AvgIpc) is 2.89. The van der Waals surface area contributed by atoms with E-state index in [-0.39, 0.29) is 0 Å². The minimum absolute atomic E-state index is 0.572. The van der Waals surface area contributed by atoms with Crippen molar-refractivity contribution in [2.75, 3.05) is 32.8 Å². The van der Waals surface area contributed by atoms with Crippen molar-refractivity contribution in [3.8, 4) is 5.75 Å². The molecule has 3 heteroatoms. The van der Waals surface area contributed by atoms with E-state index in [2.05, 4.69) is 35.0 Å². The zero-order chi connectivity index (χ0) is 14.5. The highest BCUT2D eigenvalue weighted by Gasteiger charge is 2.38. The zero-order valence-electron chi connectivity index (χ0n) is 12.8. The first-order chi connectivity index (χ1) is 10.3. The molecule has 1 aromatic rings. The molecular formula is C18H26N2O. The van der Waals surface area contributed by atoms with Gasteiger partial charge in [-0.3, -0.25) is 4.90 Å². The van der Waals surface area contributed by atoms with Gasteiger partial charge in [0.2, 0.25) is 0 Å². The van der Waals surface area contributed by atoms with E-state index in [4.69, 9.17) is 4.74 Å². The lowest BCUT2D eigenvalue weighted by molar-refractivity contribution is 0.193. The van der Waals surface area contributed by atoms with Crippen LogP contribution in [0.5, 0.6) is 5.75 Å². The molecule has 2 fully saturated rings. The van der Waals surface area contributed by atoms with E-state index in [1.54, 1.807) is 6.08 Å². The monoisotopic (exact) mass is 286 g/mol. The number of piperidine rings is 1. The highest BCUT2D eigenvalue weighted by molar-refractivity contribution is 5.33. The second-order valence-electron chi connectivity index (χ2n) is 6.42. The zero-order valence-corrected chi connectivity index (χ0v) is 12.8. The van der Waals surface area contributed by atoms with Gasteiger partial charge in [0.1, 0.15) is 12.4 Å². The first-order valence-corrected chi connectivity index (χ1v) is 8.06. The summed E-state index contributed by atoms with van der Waals surface area (Å²) in [7, 11) is 0. The van der Waals surface area contributed by atoms with E-state index >= 15 is 0 Å². The maximum absolute atomic E-state index is 5.78. The molecule has 0 unspecified atom stereocenters. The Kier molecular flexibility index (Phi) is 4.61. The van der Waals surface area contributed by atoms with E-state index in [1.807, 2.05) is 6.07 Å². The van der Waals surface area contributed by atoms with Gasteiger partial charge in [-0.25, -0.2) is 0 Å². The molecule has 3 nitrogen and oxygen atoms in total. The summed E-state index contributed by atoms with van der Waals surface area (Å²) in [4.78, 5) is 2.60. The minimum atomic E-state index is 0.572. The first-order valence-electron chi connectivity index (χ1n) is 8.06. The van der Waals surface area contributed by atoms with Crippen LogP contribution < -0.4 is 10.1 Å². The van der Waals surface area contributed by atoms with Crippen LogP contribution in [0.3, 0.4) is 0 Å². The van der Waals surface area contributed by atoms with Crippen molar-refractivity contribution in [1.29, 1.82) is 0 Å². The quantitative estimate of drug-likeness (QED) is 0.842. The molecule has 1 N–H and O–H groups in total. The number of likely N-dealkylation sites (tertiary alicyclic amines) is 1. The highest BCUT2D eigenvalue weighted by Crippen LogP contribution is 2.39. The van der Waals surface area contributed by atoms with Crippen LogP contribution in [0.4, 0.5) is 0 Å². The Morgan fingerprint density at radius 2 is 2.05 bits per heavy atom.